The summed E-state index contributed by atoms with van der Waals surface area (Å²) in [7, 11) is 1.33. The number of benzene rings is 1. The fourth-order valence-corrected chi connectivity index (χ4v) is 5.88. The molecule has 0 spiro atoms. The van der Waals surface area contributed by atoms with Crippen molar-refractivity contribution >= 4 is 34.2 Å². The molecule has 0 fully saturated rings. The van der Waals surface area contributed by atoms with Crippen molar-refractivity contribution in [3.05, 3.63) is 63.0 Å². The van der Waals surface area contributed by atoms with Gasteiger partial charge in [-0.3, -0.25) is 4.79 Å². The highest BCUT2D eigenvalue weighted by Gasteiger charge is 2.32. The molecule has 0 aliphatic heterocycles. The molecule has 2 aliphatic rings. The lowest BCUT2D eigenvalue weighted by Crippen LogP contribution is -2.22. The fraction of sp³-hybridized carbons (Fsp3) is 0.375. The van der Waals surface area contributed by atoms with Gasteiger partial charge in [0.1, 0.15) is 5.00 Å². The molecular weight excluding hydrogens is 414 g/mol. The lowest BCUT2D eigenvalue weighted by atomic mass is 9.83. The van der Waals surface area contributed by atoms with E-state index < -0.39 is 17.8 Å². The quantitative estimate of drug-likeness (QED) is 0.659. The summed E-state index contributed by atoms with van der Waals surface area (Å²) in [6.45, 7) is 0. The van der Waals surface area contributed by atoms with Gasteiger partial charge in [-0.05, 0) is 62.0 Å². The SMILES string of the molecule is COC(=O)c1c(NC(=O)C2=C(C(=O)O)CCCC2)sc2c1CCC(c1ccccc1)C2. The Bertz CT molecular complexity index is 1050. The van der Waals surface area contributed by atoms with Gasteiger partial charge in [0.15, 0.2) is 0 Å². The largest absolute Gasteiger partial charge is 0.478 e. The van der Waals surface area contributed by atoms with E-state index in [1.54, 1.807) is 0 Å². The highest BCUT2D eigenvalue weighted by Crippen LogP contribution is 2.43. The molecule has 0 saturated carbocycles. The van der Waals surface area contributed by atoms with Crippen molar-refractivity contribution in [3.8, 4) is 0 Å². The van der Waals surface area contributed by atoms with E-state index in [1.807, 2.05) is 18.2 Å². The van der Waals surface area contributed by atoms with Crippen molar-refractivity contribution in [2.24, 2.45) is 0 Å². The van der Waals surface area contributed by atoms with Gasteiger partial charge in [0.05, 0.1) is 12.7 Å². The number of methoxy groups -OCH3 is 1. The summed E-state index contributed by atoms with van der Waals surface area (Å²) in [5.41, 5.74) is 3.10. The maximum atomic E-state index is 13.0. The summed E-state index contributed by atoms with van der Waals surface area (Å²) in [5, 5.41) is 12.8. The molecule has 1 heterocycles. The number of thiophene rings is 1. The van der Waals surface area contributed by atoms with E-state index in [2.05, 4.69) is 17.4 Å². The lowest BCUT2D eigenvalue weighted by Gasteiger charge is -2.22. The van der Waals surface area contributed by atoms with Crippen LogP contribution in [0, 0.1) is 0 Å². The van der Waals surface area contributed by atoms with Gasteiger partial charge in [0, 0.05) is 16.0 Å². The van der Waals surface area contributed by atoms with E-state index >= 15 is 0 Å². The minimum Gasteiger partial charge on any atom is -0.478 e. The molecular formula is C24H25NO5S. The van der Waals surface area contributed by atoms with Crippen LogP contribution in [0.1, 0.15) is 64.4 Å². The number of fused-ring (bicyclic) bond motifs is 1. The van der Waals surface area contributed by atoms with Crippen molar-refractivity contribution in [1.82, 2.24) is 0 Å². The maximum absolute atomic E-state index is 13.0. The molecule has 1 aromatic carbocycles. The first-order valence-electron chi connectivity index (χ1n) is 10.5. The zero-order valence-corrected chi connectivity index (χ0v) is 18.2. The number of ether oxygens (including phenoxy) is 1. The molecule has 0 bridgehead atoms. The molecule has 0 radical (unpaired) electrons. The summed E-state index contributed by atoms with van der Waals surface area (Å²) >= 11 is 1.40. The minimum absolute atomic E-state index is 0.175. The zero-order chi connectivity index (χ0) is 22.0. The normalized spacial score (nSPS) is 18.3. The number of esters is 1. The number of anilines is 1. The first-order chi connectivity index (χ1) is 15.0. The summed E-state index contributed by atoms with van der Waals surface area (Å²) in [5.74, 6) is -1.59. The minimum atomic E-state index is -1.05. The topological polar surface area (TPSA) is 92.7 Å². The Labute approximate surface area is 184 Å². The Balaban J connectivity index is 1.66. The van der Waals surface area contributed by atoms with Crippen molar-refractivity contribution in [2.45, 2.75) is 50.9 Å². The standard InChI is InChI=1S/C24H25NO5S/c1-30-24(29)20-18-12-11-15(14-7-3-2-4-8-14)13-19(18)31-22(20)25-21(26)16-9-5-6-10-17(16)23(27)28/h2-4,7-8,15H,5-6,9-13H2,1H3,(H,25,26)(H,27,28). The van der Waals surface area contributed by atoms with Crippen LogP contribution in [0.15, 0.2) is 41.5 Å². The molecule has 1 amide bonds. The average Bonchev–Trinajstić information content (AvgIpc) is 3.16. The van der Waals surface area contributed by atoms with Crippen molar-refractivity contribution in [3.63, 3.8) is 0 Å². The summed E-state index contributed by atoms with van der Waals surface area (Å²) in [6, 6.07) is 10.3. The summed E-state index contributed by atoms with van der Waals surface area (Å²) < 4.78 is 5.01. The highest BCUT2D eigenvalue weighted by atomic mass is 32.1. The lowest BCUT2D eigenvalue weighted by molar-refractivity contribution is -0.133. The van der Waals surface area contributed by atoms with E-state index in [1.165, 1.54) is 24.0 Å². The number of carboxylic acid groups (broad SMARTS) is 1. The zero-order valence-electron chi connectivity index (χ0n) is 17.4. The van der Waals surface area contributed by atoms with E-state index in [0.29, 0.717) is 34.9 Å². The Hall–Kier alpha value is -2.93. The van der Waals surface area contributed by atoms with Crippen LogP contribution in [0.4, 0.5) is 5.00 Å². The molecule has 1 unspecified atom stereocenters. The third kappa shape index (κ3) is 4.28. The van der Waals surface area contributed by atoms with Crippen LogP contribution in [0.3, 0.4) is 0 Å². The number of hydrogen-bond donors (Lipinski definition) is 2. The number of rotatable bonds is 5. The molecule has 7 heteroatoms. The van der Waals surface area contributed by atoms with E-state index in [9.17, 15) is 19.5 Å². The molecule has 162 valence electrons. The molecule has 2 aliphatic carbocycles. The van der Waals surface area contributed by atoms with E-state index in [-0.39, 0.29) is 5.57 Å². The predicted molar refractivity (Wildman–Crippen MR) is 119 cm³/mol. The molecule has 1 atom stereocenters. The molecule has 4 rings (SSSR count). The maximum Gasteiger partial charge on any atom is 0.341 e. The third-order valence-corrected chi connectivity index (χ3v) is 7.32. The Morgan fingerprint density at radius 3 is 2.45 bits per heavy atom. The third-order valence-electron chi connectivity index (χ3n) is 6.15. The van der Waals surface area contributed by atoms with Gasteiger partial charge in [-0.25, -0.2) is 9.59 Å². The Morgan fingerprint density at radius 1 is 1.06 bits per heavy atom. The Kier molecular flexibility index (Phi) is 6.23. The van der Waals surface area contributed by atoms with Crippen LogP contribution in [0.25, 0.3) is 0 Å². The Morgan fingerprint density at radius 2 is 1.77 bits per heavy atom. The van der Waals surface area contributed by atoms with Gasteiger partial charge >= 0.3 is 11.9 Å². The van der Waals surface area contributed by atoms with E-state index in [4.69, 9.17) is 4.74 Å². The number of aliphatic carboxylic acids is 1. The van der Waals surface area contributed by atoms with Crippen molar-refractivity contribution in [1.29, 1.82) is 0 Å². The number of hydrogen-bond acceptors (Lipinski definition) is 5. The summed E-state index contributed by atoms with van der Waals surface area (Å²) in [4.78, 5) is 38.2. The number of carbonyl (C=O) groups is 3. The van der Waals surface area contributed by atoms with Crippen LogP contribution in [-0.2, 0) is 27.2 Å². The number of amides is 1. The molecule has 2 aromatic rings. The average molecular weight is 440 g/mol. The van der Waals surface area contributed by atoms with Crippen molar-refractivity contribution < 1.29 is 24.2 Å². The first kappa shape index (κ1) is 21.3. The van der Waals surface area contributed by atoms with Crippen molar-refractivity contribution in [2.75, 3.05) is 12.4 Å². The molecule has 6 nitrogen and oxygen atoms in total. The van der Waals surface area contributed by atoms with Crippen LogP contribution in [-0.4, -0.2) is 30.1 Å². The van der Waals surface area contributed by atoms with Gasteiger partial charge in [0.25, 0.3) is 5.91 Å². The number of nitrogens with one attached hydrogen (secondary N) is 1. The first-order valence-corrected chi connectivity index (χ1v) is 11.4. The van der Waals surface area contributed by atoms with Gasteiger partial charge in [-0.1, -0.05) is 30.3 Å². The predicted octanol–water partition coefficient (Wildman–Crippen LogP) is 4.70. The van der Waals surface area contributed by atoms with Crippen LogP contribution in [0.5, 0.6) is 0 Å². The fourth-order valence-electron chi connectivity index (χ4n) is 4.57. The smallest absolute Gasteiger partial charge is 0.341 e. The molecule has 0 saturated heterocycles. The summed E-state index contributed by atoms with van der Waals surface area (Å²) in [6.07, 6.45) is 4.81. The van der Waals surface area contributed by atoms with Gasteiger partial charge in [-0.2, -0.15) is 0 Å². The van der Waals surface area contributed by atoms with Crippen LogP contribution < -0.4 is 5.32 Å². The molecule has 31 heavy (non-hydrogen) atoms. The van der Waals surface area contributed by atoms with Crippen LogP contribution in [0.2, 0.25) is 0 Å². The van der Waals surface area contributed by atoms with Crippen LogP contribution >= 0.6 is 11.3 Å². The number of carbonyl (C=O) groups excluding carboxylic acids is 2. The molecule has 2 N–H and O–H groups in total. The second-order valence-electron chi connectivity index (χ2n) is 7.97. The highest BCUT2D eigenvalue weighted by molar-refractivity contribution is 7.17. The second kappa shape index (κ2) is 9.06. The van der Waals surface area contributed by atoms with E-state index in [0.717, 1.165) is 42.5 Å². The molecule has 1 aromatic heterocycles. The second-order valence-corrected chi connectivity index (χ2v) is 9.08. The van der Waals surface area contributed by atoms with Gasteiger partial charge < -0.3 is 15.2 Å². The number of carboxylic acids is 1. The van der Waals surface area contributed by atoms with Gasteiger partial charge in [-0.15, -0.1) is 11.3 Å². The monoisotopic (exact) mass is 439 g/mol. The van der Waals surface area contributed by atoms with Gasteiger partial charge in [0.2, 0.25) is 0 Å².